The first kappa shape index (κ1) is 47.8. The highest BCUT2D eigenvalue weighted by molar-refractivity contribution is 5.93. The number of rotatable bonds is 10. The lowest BCUT2D eigenvalue weighted by atomic mass is 9.85. The molecule has 1 saturated heterocycles. The van der Waals surface area contributed by atoms with Crippen molar-refractivity contribution in [3.8, 4) is 11.5 Å². The van der Waals surface area contributed by atoms with Crippen LogP contribution in [0.15, 0.2) is 103 Å². The predicted octanol–water partition coefficient (Wildman–Crippen LogP) is 4.96. The van der Waals surface area contributed by atoms with Crippen LogP contribution in [0, 0.1) is 17.8 Å². The van der Waals surface area contributed by atoms with Crippen LogP contribution >= 0.6 is 0 Å². The Bertz CT molecular complexity index is 1960. The third-order valence-corrected chi connectivity index (χ3v) is 10.6. The predicted molar refractivity (Wildman–Crippen MR) is 229 cm³/mol. The van der Waals surface area contributed by atoms with E-state index in [2.05, 4.69) is 16.1 Å². The number of para-hydroxylation sites is 1. The third-order valence-electron chi connectivity index (χ3n) is 10.6. The molecule has 2 aliphatic heterocycles. The number of ether oxygens (including phenoxy) is 2. The van der Waals surface area contributed by atoms with Crippen LogP contribution in [-0.4, -0.2) is 87.5 Å². The zero-order chi connectivity index (χ0) is 44.5. The molecule has 61 heavy (non-hydrogen) atoms. The number of Topliss-reactive ketones (excluding diaryl/α,β-unsaturated/α-hetero) is 1. The van der Waals surface area contributed by atoms with E-state index in [9.17, 15) is 39.0 Å². The number of ketones is 1. The fourth-order valence-electron chi connectivity index (χ4n) is 7.06. The maximum atomic E-state index is 14.3. The molecule has 0 aromatic heterocycles. The molecule has 0 aliphatic carbocycles. The van der Waals surface area contributed by atoms with Gasteiger partial charge in [0.25, 0.3) is 5.91 Å². The minimum Gasteiger partial charge on any atom is -0.508 e. The van der Waals surface area contributed by atoms with Gasteiger partial charge in [0.1, 0.15) is 41.5 Å². The fourth-order valence-corrected chi connectivity index (χ4v) is 7.06. The Morgan fingerprint density at radius 1 is 0.967 bits per heavy atom. The molecule has 0 spiro atoms. The monoisotopic (exact) mass is 840 g/mol. The van der Waals surface area contributed by atoms with Crippen LogP contribution in [0.4, 0.5) is 0 Å². The topological polar surface area (TPSA) is 201 Å². The maximum Gasteiger partial charge on any atom is 0.336 e. The van der Waals surface area contributed by atoms with Crippen molar-refractivity contribution in [2.75, 3.05) is 6.54 Å². The first-order valence-corrected chi connectivity index (χ1v) is 20.9. The van der Waals surface area contributed by atoms with Gasteiger partial charge in [0.05, 0.1) is 12.0 Å². The van der Waals surface area contributed by atoms with Gasteiger partial charge >= 0.3 is 11.9 Å². The zero-order valence-corrected chi connectivity index (χ0v) is 35.6. The number of hydrogen-bond donors (Lipinski definition) is 5. The number of benzene rings is 2. The van der Waals surface area contributed by atoms with E-state index in [1.807, 2.05) is 18.2 Å². The molecule has 328 valence electrons. The van der Waals surface area contributed by atoms with Crippen LogP contribution in [0.3, 0.4) is 0 Å². The minimum absolute atomic E-state index is 0.0270. The highest BCUT2D eigenvalue weighted by atomic mass is 16.5. The molecule has 3 amide bonds. The Balaban J connectivity index is 1.67. The van der Waals surface area contributed by atoms with Crippen molar-refractivity contribution in [2.24, 2.45) is 17.8 Å². The lowest BCUT2D eigenvalue weighted by Gasteiger charge is -2.36. The van der Waals surface area contributed by atoms with Gasteiger partial charge in [-0.25, -0.2) is 10.2 Å². The number of aromatic hydroxyl groups is 1. The molecular weight excluding hydrogens is 781 g/mol. The number of hydrogen-bond acceptors (Lipinski definition) is 11. The van der Waals surface area contributed by atoms with Gasteiger partial charge in [-0.3, -0.25) is 24.2 Å². The molecule has 1 fully saturated rings. The number of amides is 3. The molecule has 0 saturated carbocycles. The Labute approximate surface area is 358 Å². The van der Waals surface area contributed by atoms with Crippen molar-refractivity contribution in [3.63, 3.8) is 0 Å². The van der Waals surface area contributed by atoms with Crippen LogP contribution in [0.2, 0.25) is 0 Å². The van der Waals surface area contributed by atoms with E-state index in [0.29, 0.717) is 36.1 Å². The zero-order valence-electron chi connectivity index (χ0n) is 35.6. The Morgan fingerprint density at radius 3 is 2.38 bits per heavy atom. The number of phenolic OH excluding ortho intramolecular Hbond substituents is 1. The number of cyclic esters (lactones) is 1. The molecular formula is C47H60N4O10. The highest BCUT2D eigenvalue weighted by Crippen LogP contribution is 2.24. The standard InChI is InChI=1S/C47H60N4O10/c1-30(2)42-45(57)48-39(29-34-18-14-19-35(53)28-34)46(58)51-27-15-22-38(50-51)47(59)61-40(31(3)17-13-24-41(54)60-36-20-10-8-11-21-36)23-12-7-6-9-16-32(4)43(55)37(44(56)49-42)26-25-33(5)52/h6-14,17-21,24,28,30,32,37-40,42-43,50,53,55H,15-16,22-23,25-27,29H2,1-5H3,(H,48,57)(H,49,56)/b9-6+,12-7+,24-13+,31-17+/t32-,37+,38?,39-,40-,42-,43+/m0/s1. The highest BCUT2D eigenvalue weighted by Gasteiger charge is 2.38. The van der Waals surface area contributed by atoms with Crippen LogP contribution in [-0.2, 0) is 39.9 Å². The van der Waals surface area contributed by atoms with Crippen LogP contribution in [0.1, 0.15) is 78.7 Å². The molecule has 2 aromatic carbocycles. The number of fused-ring (bicyclic) bond motifs is 2. The minimum atomic E-state index is -1.19. The lowest BCUT2D eigenvalue weighted by molar-refractivity contribution is -0.156. The second-order valence-corrected chi connectivity index (χ2v) is 16.1. The summed E-state index contributed by atoms with van der Waals surface area (Å²) in [5.41, 5.74) is 4.19. The number of aliphatic hydroxyl groups is 1. The van der Waals surface area contributed by atoms with E-state index in [1.165, 1.54) is 36.2 Å². The first-order valence-electron chi connectivity index (χ1n) is 20.9. The van der Waals surface area contributed by atoms with Crippen molar-refractivity contribution in [1.82, 2.24) is 21.1 Å². The van der Waals surface area contributed by atoms with Gasteiger partial charge in [-0.05, 0) is 86.8 Å². The summed E-state index contributed by atoms with van der Waals surface area (Å²) >= 11 is 0. The number of esters is 2. The van der Waals surface area contributed by atoms with Crippen molar-refractivity contribution in [2.45, 2.75) is 110 Å². The second-order valence-electron chi connectivity index (χ2n) is 16.1. The van der Waals surface area contributed by atoms with E-state index in [4.69, 9.17) is 9.47 Å². The van der Waals surface area contributed by atoms with Crippen LogP contribution in [0.25, 0.3) is 0 Å². The van der Waals surface area contributed by atoms with Gasteiger partial charge in [-0.2, -0.15) is 0 Å². The average Bonchev–Trinajstić information content (AvgIpc) is 3.22. The summed E-state index contributed by atoms with van der Waals surface area (Å²) in [6.45, 7) is 8.67. The smallest absolute Gasteiger partial charge is 0.336 e. The van der Waals surface area contributed by atoms with Crippen LogP contribution < -0.4 is 20.8 Å². The molecule has 2 bridgehead atoms. The Kier molecular flexibility index (Phi) is 18.7. The van der Waals surface area contributed by atoms with Gasteiger partial charge in [0.15, 0.2) is 0 Å². The Morgan fingerprint density at radius 2 is 1.69 bits per heavy atom. The van der Waals surface area contributed by atoms with E-state index in [-0.39, 0.29) is 43.8 Å². The molecule has 1 unspecified atom stereocenters. The number of carbonyl (C=O) groups excluding carboxylic acids is 6. The van der Waals surface area contributed by atoms with Gasteiger partial charge in [-0.1, -0.05) is 87.6 Å². The SMILES string of the molecule is CC(=O)CC[C@H]1C(=O)N[C@@H](C(C)C)C(=O)N[C@@H](Cc2cccc(O)c2)C(=O)N2CCCC(N2)C(=O)O[C@H](/C(C)=C/C=C/C(=O)Oc2ccccc2)C/C=C/C=C/C[C@H](C)[C@H]1O. The van der Waals surface area contributed by atoms with Crippen molar-refractivity contribution in [3.05, 3.63) is 108 Å². The normalized spacial score (nSPS) is 26.3. The van der Waals surface area contributed by atoms with Gasteiger partial charge in [0, 0.05) is 31.9 Å². The number of hydrazine groups is 1. The number of phenols is 1. The largest absolute Gasteiger partial charge is 0.508 e. The molecule has 14 nitrogen and oxygen atoms in total. The second kappa shape index (κ2) is 23.8. The summed E-state index contributed by atoms with van der Waals surface area (Å²) in [6.07, 6.45) is 11.3. The molecule has 0 radical (unpaired) electrons. The molecule has 2 aromatic rings. The molecule has 2 heterocycles. The van der Waals surface area contributed by atoms with Gasteiger partial charge < -0.3 is 35.1 Å². The summed E-state index contributed by atoms with van der Waals surface area (Å²) in [5, 5.41) is 28.6. The summed E-state index contributed by atoms with van der Waals surface area (Å²) in [6, 6.07) is 11.7. The number of nitrogens with one attached hydrogen (secondary N) is 3. The summed E-state index contributed by atoms with van der Waals surface area (Å²) in [4.78, 5) is 80.6. The number of allylic oxidation sites excluding steroid dienone is 5. The maximum absolute atomic E-state index is 14.3. The van der Waals surface area contributed by atoms with Crippen LogP contribution in [0.5, 0.6) is 11.5 Å². The summed E-state index contributed by atoms with van der Waals surface area (Å²) in [7, 11) is 0. The van der Waals surface area contributed by atoms with E-state index < -0.39 is 77.7 Å². The van der Waals surface area contributed by atoms with E-state index in [0.717, 1.165) is 0 Å². The molecule has 2 aliphatic rings. The van der Waals surface area contributed by atoms with Crippen molar-refractivity contribution < 1.29 is 48.5 Å². The number of carbonyl (C=O) groups is 6. The van der Waals surface area contributed by atoms with Gasteiger partial charge in [0.2, 0.25) is 11.8 Å². The molecule has 7 atom stereocenters. The first-order chi connectivity index (χ1) is 29.1. The molecule has 4 rings (SSSR count). The Hall–Kier alpha value is -5.86. The molecule has 5 N–H and O–H groups in total. The van der Waals surface area contributed by atoms with E-state index >= 15 is 0 Å². The van der Waals surface area contributed by atoms with Crippen molar-refractivity contribution in [1.29, 1.82) is 0 Å². The fraction of sp³-hybridized carbons (Fsp3) is 0.447. The summed E-state index contributed by atoms with van der Waals surface area (Å²) in [5.74, 6) is -4.62. The van der Waals surface area contributed by atoms with Crippen molar-refractivity contribution >= 4 is 35.4 Å². The van der Waals surface area contributed by atoms with E-state index in [1.54, 1.807) is 82.3 Å². The lowest BCUT2D eigenvalue weighted by Crippen LogP contribution is -2.62. The van der Waals surface area contributed by atoms with Gasteiger partial charge in [-0.15, -0.1) is 0 Å². The molecule has 14 heteroatoms. The third kappa shape index (κ3) is 15.3. The number of nitrogens with zero attached hydrogens (tertiary/aromatic N) is 1. The number of aliphatic hydroxyl groups excluding tert-OH is 1. The quantitative estimate of drug-likeness (QED) is 0.0937. The average molecular weight is 841 g/mol. The summed E-state index contributed by atoms with van der Waals surface area (Å²) < 4.78 is 11.4.